The van der Waals surface area contributed by atoms with E-state index in [2.05, 4.69) is 10.3 Å². The van der Waals surface area contributed by atoms with Crippen molar-refractivity contribution in [3.05, 3.63) is 59.4 Å². The van der Waals surface area contributed by atoms with Crippen molar-refractivity contribution in [3.8, 4) is 5.75 Å². The Morgan fingerprint density at radius 2 is 2.05 bits per heavy atom. The van der Waals surface area contributed by atoms with Gasteiger partial charge in [0.05, 0.1) is 18.8 Å². The number of nitrogens with two attached hydrogens (primary N) is 1. The number of ether oxygens (including phenoxy) is 1. The maximum Gasteiger partial charge on any atom is 0.251 e. The highest BCUT2D eigenvalue weighted by Gasteiger charge is 2.12. The molecule has 3 N–H and O–H groups in total. The van der Waals surface area contributed by atoms with Gasteiger partial charge in [-0.1, -0.05) is 12.1 Å². The van der Waals surface area contributed by atoms with E-state index < -0.39 is 0 Å². The van der Waals surface area contributed by atoms with E-state index >= 15 is 0 Å². The molecule has 21 heavy (non-hydrogen) atoms. The first kappa shape index (κ1) is 15.0. The molecule has 0 unspecified atom stereocenters. The minimum absolute atomic E-state index is 0.0992. The van der Waals surface area contributed by atoms with Crippen molar-refractivity contribution in [3.63, 3.8) is 0 Å². The third-order valence-corrected chi connectivity index (χ3v) is 3.25. The zero-order chi connectivity index (χ0) is 15.2. The summed E-state index contributed by atoms with van der Waals surface area (Å²) in [5.41, 5.74) is 7.80. The third-order valence-electron chi connectivity index (χ3n) is 3.25. The fourth-order valence-corrected chi connectivity index (χ4v) is 1.99. The standard InChI is InChI=1S/C16H19N3O2/c1-11(12-3-5-15(21-2)6-4-12)19-16(20)13-7-8-18-14(9-13)10-17/h3-9,11H,10,17H2,1-2H3,(H,19,20)/t11-/m1/s1. The second-order valence-electron chi connectivity index (χ2n) is 4.71. The van der Waals surface area contributed by atoms with Gasteiger partial charge in [0, 0.05) is 18.3 Å². The zero-order valence-corrected chi connectivity index (χ0v) is 12.2. The van der Waals surface area contributed by atoms with Crippen LogP contribution in [0.5, 0.6) is 5.75 Å². The fraction of sp³-hybridized carbons (Fsp3) is 0.250. The quantitative estimate of drug-likeness (QED) is 0.881. The van der Waals surface area contributed by atoms with Crippen molar-refractivity contribution in [2.75, 3.05) is 7.11 Å². The van der Waals surface area contributed by atoms with Gasteiger partial charge in [0.15, 0.2) is 0 Å². The molecule has 1 aromatic heterocycles. The molecule has 110 valence electrons. The number of carbonyl (C=O) groups is 1. The van der Waals surface area contributed by atoms with Gasteiger partial charge in [-0.15, -0.1) is 0 Å². The van der Waals surface area contributed by atoms with E-state index in [0.29, 0.717) is 17.8 Å². The van der Waals surface area contributed by atoms with Crippen molar-refractivity contribution in [1.29, 1.82) is 0 Å². The predicted molar refractivity (Wildman–Crippen MR) is 81.0 cm³/mol. The SMILES string of the molecule is COc1ccc([C@@H](C)NC(=O)c2ccnc(CN)c2)cc1. The van der Waals surface area contributed by atoms with Crippen LogP contribution in [-0.2, 0) is 6.54 Å². The molecule has 0 aliphatic carbocycles. The Morgan fingerprint density at radius 1 is 1.33 bits per heavy atom. The Hall–Kier alpha value is -2.40. The Bertz CT molecular complexity index is 611. The summed E-state index contributed by atoms with van der Waals surface area (Å²) in [7, 11) is 1.62. The number of methoxy groups -OCH3 is 1. The molecule has 0 radical (unpaired) electrons. The lowest BCUT2D eigenvalue weighted by atomic mass is 10.1. The summed E-state index contributed by atoms with van der Waals surface area (Å²) in [6, 6.07) is 10.9. The van der Waals surface area contributed by atoms with E-state index in [1.807, 2.05) is 31.2 Å². The molecular formula is C16H19N3O2. The smallest absolute Gasteiger partial charge is 0.251 e. The molecule has 0 bridgehead atoms. The van der Waals surface area contributed by atoms with Crippen LogP contribution in [0.3, 0.4) is 0 Å². The molecular weight excluding hydrogens is 266 g/mol. The monoisotopic (exact) mass is 285 g/mol. The topological polar surface area (TPSA) is 77.2 Å². The van der Waals surface area contributed by atoms with Crippen molar-refractivity contribution in [2.24, 2.45) is 5.73 Å². The number of benzene rings is 1. The minimum Gasteiger partial charge on any atom is -0.497 e. The van der Waals surface area contributed by atoms with Gasteiger partial charge in [-0.2, -0.15) is 0 Å². The number of aromatic nitrogens is 1. The first-order valence-electron chi connectivity index (χ1n) is 6.74. The number of rotatable bonds is 5. The van der Waals surface area contributed by atoms with Crippen LogP contribution < -0.4 is 15.8 Å². The molecule has 2 rings (SSSR count). The van der Waals surface area contributed by atoms with Gasteiger partial charge in [-0.05, 0) is 36.8 Å². The molecule has 0 spiro atoms. The molecule has 2 aromatic rings. The first-order valence-corrected chi connectivity index (χ1v) is 6.74. The summed E-state index contributed by atoms with van der Waals surface area (Å²) in [6.45, 7) is 2.25. The number of hydrogen-bond acceptors (Lipinski definition) is 4. The van der Waals surface area contributed by atoms with Crippen LogP contribution in [0.2, 0.25) is 0 Å². The maximum absolute atomic E-state index is 12.2. The lowest BCUT2D eigenvalue weighted by molar-refractivity contribution is 0.0939. The van der Waals surface area contributed by atoms with Crippen LogP contribution in [0.4, 0.5) is 0 Å². The van der Waals surface area contributed by atoms with E-state index in [0.717, 1.165) is 11.3 Å². The fourth-order valence-electron chi connectivity index (χ4n) is 1.99. The molecule has 0 saturated heterocycles. The zero-order valence-electron chi connectivity index (χ0n) is 12.2. The molecule has 0 saturated carbocycles. The van der Waals surface area contributed by atoms with Gasteiger partial charge in [0.1, 0.15) is 5.75 Å². The molecule has 1 atom stereocenters. The van der Waals surface area contributed by atoms with Gasteiger partial charge in [0.2, 0.25) is 0 Å². The van der Waals surface area contributed by atoms with Gasteiger partial charge in [0.25, 0.3) is 5.91 Å². The predicted octanol–water partition coefficient (Wildman–Crippen LogP) is 2.04. The first-order chi connectivity index (χ1) is 10.1. The van der Waals surface area contributed by atoms with Gasteiger partial charge < -0.3 is 15.8 Å². The molecule has 0 fully saturated rings. The highest BCUT2D eigenvalue weighted by atomic mass is 16.5. The summed E-state index contributed by atoms with van der Waals surface area (Å²) in [5, 5.41) is 2.95. The van der Waals surface area contributed by atoms with Gasteiger partial charge in [-0.25, -0.2) is 0 Å². The van der Waals surface area contributed by atoms with Crippen LogP contribution in [-0.4, -0.2) is 18.0 Å². The molecule has 1 heterocycles. The molecule has 5 heteroatoms. The van der Waals surface area contributed by atoms with Crippen molar-refractivity contribution in [2.45, 2.75) is 19.5 Å². The second-order valence-corrected chi connectivity index (χ2v) is 4.71. The number of nitrogens with one attached hydrogen (secondary N) is 1. The number of hydrogen-bond donors (Lipinski definition) is 2. The minimum atomic E-state index is -0.143. The Kier molecular flexibility index (Phi) is 4.90. The molecule has 1 amide bonds. The molecule has 1 aromatic carbocycles. The summed E-state index contributed by atoms with van der Waals surface area (Å²) in [6.07, 6.45) is 1.59. The van der Waals surface area contributed by atoms with E-state index in [1.54, 1.807) is 25.4 Å². The van der Waals surface area contributed by atoms with Crippen molar-refractivity contribution < 1.29 is 9.53 Å². The summed E-state index contributed by atoms with van der Waals surface area (Å²) < 4.78 is 5.12. The van der Waals surface area contributed by atoms with Crippen LogP contribution in [0.25, 0.3) is 0 Å². The summed E-state index contributed by atoms with van der Waals surface area (Å²) in [5.74, 6) is 0.648. The van der Waals surface area contributed by atoms with E-state index in [1.165, 1.54) is 0 Å². The number of carbonyl (C=O) groups excluding carboxylic acids is 1. The Balaban J connectivity index is 2.06. The lowest BCUT2D eigenvalue weighted by Gasteiger charge is -2.15. The van der Waals surface area contributed by atoms with Gasteiger partial charge in [-0.3, -0.25) is 9.78 Å². The normalized spacial score (nSPS) is 11.8. The van der Waals surface area contributed by atoms with Crippen LogP contribution in [0.1, 0.15) is 34.6 Å². The number of pyridine rings is 1. The average Bonchev–Trinajstić information content (AvgIpc) is 2.54. The van der Waals surface area contributed by atoms with Crippen LogP contribution >= 0.6 is 0 Å². The van der Waals surface area contributed by atoms with Crippen molar-refractivity contribution >= 4 is 5.91 Å². The van der Waals surface area contributed by atoms with Crippen molar-refractivity contribution in [1.82, 2.24) is 10.3 Å². The molecule has 5 nitrogen and oxygen atoms in total. The summed E-state index contributed by atoms with van der Waals surface area (Å²) in [4.78, 5) is 16.3. The third kappa shape index (κ3) is 3.79. The highest BCUT2D eigenvalue weighted by Crippen LogP contribution is 2.17. The van der Waals surface area contributed by atoms with Crippen LogP contribution in [0, 0.1) is 0 Å². The lowest BCUT2D eigenvalue weighted by Crippen LogP contribution is -2.26. The van der Waals surface area contributed by atoms with E-state index in [9.17, 15) is 4.79 Å². The maximum atomic E-state index is 12.2. The Labute approximate surface area is 124 Å². The van der Waals surface area contributed by atoms with E-state index in [4.69, 9.17) is 10.5 Å². The number of nitrogens with zero attached hydrogens (tertiary/aromatic N) is 1. The molecule has 0 aliphatic heterocycles. The van der Waals surface area contributed by atoms with Crippen LogP contribution in [0.15, 0.2) is 42.6 Å². The second kappa shape index (κ2) is 6.85. The number of amides is 1. The highest BCUT2D eigenvalue weighted by molar-refractivity contribution is 5.94. The molecule has 0 aliphatic rings. The largest absolute Gasteiger partial charge is 0.497 e. The Morgan fingerprint density at radius 3 is 2.67 bits per heavy atom. The average molecular weight is 285 g/mol. The van der Waals surface area contributed by atoms with Gasteiger partial charge >= 0.3 is 0 Å². The van der Waals surface area contributed by atoms with E-state index in [-0.39, 0.29) is 11.9 Å². The summed E-state index contributed by atoms with van der Waals surface area (Å²) >= 11 is 0.